The van der Waals surface area contributed by atoms with E-state index in [9.17, 15) is 4.79 Å². The van der Waals surface area contributed by atoms with Gasteiger partial charge in [0, 0.05) is 0 Å². The van der Waals surface area contributed by atoms with Gasteiger partial charge in [-0.1, -0.05) is 18.6 Å². The molecule has 0 spiro atoms. The van der Waals surface area contributed by atoms with Gasteiger partial charge in [0.2, 0.25) is 0 Å². The van der Waals surface area contributed by atoms with Gasteiger partial charge >= 0.3 is 5.97 Å². The summed E-state index contributed by atoms with van der Waals surface area (Å²) < 4.78 is 0. The van der Waals surface area contributed by atoms with Gasteiger partial charge in [-0.3, -0.25) is 4.79 Å². The Bertz CT molecular complexity index is 194. The fourth-order valence-electron chi connectivity index (χ4n) is 1.70. The highest BCUT2D eigenvalue weighted by Gasteiger charge is 2.14. The third-order valence-corrected chi connectivity index (χ3v) is 2.44. The van der Waals surface area contributed by atoms with E-state index in [0.29, 0.717) is 0 Å². The van der Waals surface area contributed by atoms with Gasteiger partial charge < -0.3 is 5.11 Å². The van der Waals surface area contributed by atoms with Crippen molar-refractivity contribution < 1.29 is 9.90 Å². The van der Waals surface area contributed by atoms with Crippen molar-refractivity contribution in [3.8, 4) is 0 Å². The van der Waals surface area contributed by atoms with Crippen LogP contribution in [0.4, 0.5) is 0 Å². The number of carbonyl (C=O) groups is 1. The summed E-state index contributed by atoms with van der Waals surface area (Å²) in [5.74, 6) is -0.447. The minimum absolute atomic E-state index is 0.239. The highest BCUT2D eigenvalue weighted by atomic mass is 16.4. The first-order valence-corrected chi connectivity index (χ1v) is 4.61. The number of rotatable bonds is 3. The van der Waals surface area contributed by atoms with Crippen LogP contribution in [0.25, 0.3) is 0 Å². The van der Waals surface area contributed by atoms with Crippen LogP contribution in [0.1, 0.15) is 39.0 Å². The number of carboxylic acids is 1. The van der Waals surface area contributed by atoms with Crippen LogP contribution < -0.4 is 0 Å². The lowest BCUT2D eigenvalue weighted by atomic mass is 9.88. The summed E-state index contributed by atoms with van der Waals surface area (Å²) in [5, 5.41) is 8.59. The van der Waals surface area contributed by atoms with E-state index < -0.39 is 5.97 Å². The molecule has 0 bridgehead atoms. The molecule has 68 valence electrons. The summed E-state index contributed by atoms with van der Waals surface area (Å²) in [7, 11) is 0. The van der Waals surface area contributed by atoms with Crippen LogP contribution in [0, 0.1) is 5.92 Å². The zero-order valence-corrected chi connectivity index (χ0v) is 7.55. The van der Waals surface area contributed by atoms with Crippen molar-refractivity contribution >= 4 is 5.97 Å². The summed E-state index contributed by atoms with van der Waals surface area (Å²) >= 11 is 0. The topological polar surface area (TPSA) is 37.3 Å². The first-order chi connectivity index (χ1) is 5.70. The van der Waals surface area contributed by atoms with E-state index in [2.05, 4.69) is 6.08 Å². The molecular formula is C10H16O2. The number of hydrogen-bond acceptors (Lipinski definition) is 1. The van der Waals surface area contributed by atoms with Crippen molar-refractivity contribution in [3.63, 3.8) is 0 Å². The maximum Gasteiger partial charge on any atom is 0.303 e. The lowest BCUT2D eigenvalue weighted by molar-refractivity contribution is -0.137. The summed E-state index contributed by atoms with van der Waals surface area (Å²) in [5.41, 5.74) is 1.35. The molecule has 0 aromatic rings. The van der Waals surface area contributed by atoms with Gasteiger partial charge in [0.15, 0.2) is 0 Å². The van der Waals surface area contributed by atoms with Crippen molar-refractivity contribution in [2.24, 2.45) is 5.92 Å². The van der Waals surface area contributed by atoms with Crippen molar-refractivity contribution in [1.82, 2.24) is 0 Å². The second-order valence-electron chi connectivity index (χ2n) is 3.52. The molecular weight excluding hydrogens is 152 g/mol. The minimum atomic E-state index is -0.686. The zero-order chi connectivity index (χ0) is 8.97. The molecule has 0 aliphatic heterocycles. The van der Waals surface area contributed by atoms with E-state index in [1.54, 1.807) is 0 Å². The van der Waals surface area contributed by atoms with Gasteiger partial charge in [-0.15, -0.1) is 0 Å². The molecule has 0 amide bonds. The molecule has 1 N–H and O–H groups in total. The number of aliphatic carboxylic acids is 1. The molecule has 1 atom stereocenters. The fraction of sp³-hybridized carbons (Fsp3) is 0.700. The summed E-state index contributed by atoms with van der Waals surface area (Å²) in [4.78, 5) is 10.4. The van der Waals surface area contributed by atoms with Crippen molar-refractivity contribution in [3.05, 3.63) is 11.6 Å². The molecule has 1 aliphatic rings. The molecule has 0 aromatic heterocycles. The second kappa shape index (κ2) is 4.29. The Morgan fingerprint density at radius 2 is 2.42 bits per heavy atom. The molecule has 1 unspecified atom stereocenters. The Morgan fingerprint density at radius 1 is 1.67 bits per heavy atom. The van der Waals surface area contributed by atoms with Crippen LogP contribution in [0.3, 0.4) is 0 Å². The van der Waals surface area contributed by atoms with Gasteiger partial charge in [-0.25, -0.2) is 0 Å². The summed E-state index contributed by atoms with van der Waals surface area (Å²) in [6, 6.07) is 0. The van der Waals surface area contributed by atoms with E-state index in [-0.39, 0.29) is 12.3 Å². The van der Waals surface area contributed by atoms with E-state index >= 15 is 0 Å². The lowest BCUT2D eigenvalue weighted by Crippen LogP contribution is -2.08. The van der Waals surface area contributed by atoms with Gasteiger partial charge in [0.05, 0.1) is 6.42 Å². The first kappa shape index (κ1) is 9.30. The fourth-order valence-corrected chi connectivity index (χ4v) is 1.70. The SMILES string of the molecule is CC(CC(=O)O)C1=CCCCC1. The standard InChI is InChI=1S/C10H16O2/c1-8(7-10(11)12)9-5-3-2-4-6-9/h5,8H,2-4,6-7H2,1H3,(H,11,12). The molecule has 0 fully saturated rings. The maximum absolute atomic E-state index is 10.4. The van der Waals surface area contributed by atoms with E-state index in [1.165, 1.54) is 18.4 Å². The molecule has 0 heterocycles. The average molecular weight is 168 g/mol. The van der Waals surface area contributed by atoms with E-state index in [0.717, 1.165) is 12.8 Å². The molecule has 12 heavy (non-hydrogen) atoms. The van der Waals surface area contributed by atoms with Crippen LogP contribution in [0.2, 0.25) is 0 Å². The molecule has 2 heteroatoms. The van der Waals surface area contributed by atoms with Crippen LogP contribution in [-0.4, -0.2) is 11.1 Å². The summed E-state index contributed by atoms with van der Waals surface area (Å²) in [6.45, 7) is 2.01. The normalized spacial score (nSPS) is 19.9. The highest BCUT2D eigenvalue weighted by Crippen LogP contribution is 2.25. The predicted octanol–water partition coefficient (Wildman–Crippen LogP) is 2.60. The van der Waals surface area contributed by atoms with Gasteiger partial charge in [-0.05, 0) is 31.6 Å². The Hall–Kier alpha value is -0.790. The maximum atomic E-state index is 10.4. The minimum Gasteiger partial charge on any atom is -0.481 e. The van der Waals surface area contributed by atoms with Gasteiger partial charge in [0.1, 0.15) is 0 Å². The quantitative estimate of drug-likeness (QED) is 0.658. The molecule has 0 radical (unpaired) electrons. The lowest BCUT2D eigenvalue weighted by Gasteiger charge is -2.17. The molecule has 0 saturated carbocycles. The van der Waals surface area contributed by atoms with E-state index in [1.807, 2.05) is 6.92 Å². The monoisotopic (exact) mass is 168 g/mol. The highest BCUT2D eigenvalue weighted by molar-refractivity contribution is 5.67. The predicted molar refractivity (Wildman–Crippen MR) is 48.0 cm³/mol. The molecule has 0 aromatic carbocycles. The third kappa shape index (κ3) is 2.68. The Balaban J connectivity index is 2.44. The average Bonchev–Trinajstić information content (AvgIpc) is 2.05. The molecule has 2 nitrogen and oxygen atoms in total. The molecule has 1 aliphatic carbocycles. The van der Waals surface area contributed by atoms with Crippen LogP contribution in [0.5, 0.6) is 0 Å². The van der Waals surface area contributed by atoms with Crippen molar-refractivity contribution in [2.75, 3.05) is 0 Å². The largest absolute Gasteiger partial charge is 0.481 e. The number of hydrogen-bond donors (Lipinski definition) is 1. The van der Waals surface area contributed by atoms with Gasteiger partial charge in [0.25, 0.3) is 0 Å². The van der Waals surface area contributed by atoms with Crippen molar-refractivity contribution in [1.29, 1.82) is 0 Å². The number of allylic oxidation sites excluding steroid dienone is 2. The number of carboxylic acid groups (broad SMARTS) is 1. The molecule has 1 rings (SSSR count). The van der Waals surface area contributed by atoms with Crippen molar-refractivity contribution in [2.45, 2.75) is 39.0 Å². The van der Waals surface area contributed by atoms with E-state index in [4.69, 9.17) is 5.11 Å². The smallest absolute Gasteiger partial charge is 0.303 e. The zero-order valence-electron chi connectivity index (χ0n) is 7.55. The Labute approximate surface area is 73.3 Å². The first-order valence-electron chi connectivity index (χ1n) is 4.61. The van der Waals surface area contributed by atoms with Gasteiger partial charge in [-0.2, -0.15) is 0 Å². The van der Waals surface area contributed by atoms with Crippen LogP contribution in [-0.2, 0) is 4.79 Å². The Kier molecular flexibility index (Phi) is 3.32. The van der Waals surface area contributed by atoms with Crippen LogP contribution in [0.15, 0.2) is 11.6 Å². The second-order valence-corrected chi connectivity index (χ2v) is 3.52. The molecule has 0 saturated heterocycles. The summed E-state index contributed by atoms with van der Waals surface area (Å²) in [6.07, 6.45) is 7.25. The third-order valence-electron chi connectivity index (χ3n) is 2.44. The Morgan fingerprint density at radius 3 is 2.92 bits per heavy atom. The van der Waals surface area contributed by atoms with Crippen LogP contribution >= 0.6 is 0 Å².